The molecule has 0 heterocycles. The first-order valence-corrected chi connectivity index (χ1v) is 6.42. The SMILES string of the molecule is C=N/C(=N\OCCNC(=O)OC)c1ccc(C)c(NC=O)c1. The molecule has 22 heavy (non-hydrogen) atoms. The van der Waals surface area contributed by atoms with Crippen molar-refractivity contribution in [1.82, 2.24) is 5.32 Å². The summed E-state index contributed by atoms with van der Waals surface area (Å²) in [6.45, 7) is 5.69. The van der Waals surface area contributed by atoms with Crippen LogP contribution in [0.3, 0.4) is 0 Å². The van der Waals surface area contributed by atoms with E-state index >= 15 is 0 Å². The molecule has 1 aromatic carbocycles. The van der Waals surface area contributed by atoms with Crippen LogP contribution < -0.4 is 10.6 Å². The number of alkyl carbamates (subject to hydrolysis) is 1. The number of benzene rings is 1. The number of amides is 2. The number of amidine groups is 1. The molecule has 0 aliphatic rings. The molecule has 2 amide bonds. The first kappa shape index (κ1) is 17.2. The van der Waals surface area contributed by atoms with E-state index in [9.17, 15) is 9.59 Å². The van der Waals surface area contributed by atoms with Crippen molar-refractivity contribution >= 4 is 30.7 Å². The van der Waals surface area contributed by atoms with Crippen LogP contribution in [0.25, 0.3) is 0 Å². The Bertz CT molecular complexity index is 572. The second-order valence-corrected chi connectivity index (χ2v) is 4.12. The number of anilines is 1. The summed E-state index contributed by atoms with van der Waals surface area (Å²) >= 11 is 0. The minimum absolute atomic E-state index is 0.152. The van der Waals surface area contributed by atoms with Crippen molar-refractivity contribution in [2.75, 3.05) is 25.6 Å². The molecule has 8 heteroatoms. The molecule has 1 rings (SSSR count). The molecule has 0 bridgehead atoms. The van der Waals surface area contributed by atoms with Crippen molar-refractivity contribution in [2.24, 2.45) is 10.1 Å². The quantitative estimate of drug-likeness (QED) is 0.260. The first-order chi connectivity index (χ1) is 10.6. The zero-order valence-corrected chi connectivity index (χ0v) is 12.5. The van der Waals surface area contributed by atoms with Gasteiger partial charge in [-0.05, 0) is 25.3 Å². The fourth-order valence-electron chi connectivity index (χ4n) is 1.53. The molecule has 8 nitrogen and oxygen atoms in total. The van der Waals surface area contributed by atoms with Gasteiger partial charge in [0, 0.05) is 11.3 Å². The van der Waals surface area contributed by atoms with E-state index in [1.807, 2.05) is 13.0 Å². The largest absolute Gasteiger partial charge is 0.453 e. The molecule has 0 fully saturated rings. The van der Waals surface area contributed by atoms with E-state index in [-0.39, 0.29) is 19.0 Å². The second kappa shape index (κ2) is 9.11. The zero-order valence-electron chi connectivity index (χ0n) is 12.5. The highest BCUT2D eigenvalue weighted by molar-refractivity contribution is 6.02. The lowest BCUT2D eigenvalue weighted by atomic mass is 10.1. The van der Waals surface area contributed by atoms with Crippen molar-refractivity contribution in [3.8, 4) is 0 Å². The molecule has 0 aliphatic carbocycles. The standard InChI is InChI=1S/C14H18N4O4/c1-10-4-5-11(8-12(10)17-9-19)13(15-2)18-22-7-6-16-14(20)21-3/h4-5,8-9H,2,6-7H2,1,3H3,(H,16,20)(H,17,19)/b18-13-. The normalized spacial score (nSPS) is 10.5. The van der Waals surface area contributed by atoms with Gasteiger partial charge in [-0.1, -0.05) is 17.3 Å². The van der Waals surface area contributed by atoms with Gasteiger partial charge < -0.3 is 20.2 Å². The molecule has 0 aliphatic heterocycles. The van der Waals surface area contributed by atoms with Crippen LogP contribution in [0.4, 0.5) is 10.5 Å². The zero-order chi connectivity index (χ0) is 16.4. The molecular weight excluding hydrogens is 288 g/mol. The van der Waals surface area contributed by atoms with Crippen LogP contribution in [0.5, 0.6) is 0 Å². The Morgan fingerprint density at radius 2 is 2.23 bits per heavy atom. The Labute approximate surface area is 128 Å². The van der Waals surface area contributed by atoms with E-state index in [1.54, 1.807) is 12.1 Å². The topological polar surface area (TPSA) is 101 Å². The minimum atomic E-state index is -0.544. The minimum Gasteiger partial charge on any atom is -0.453 e. The van der Waals surface area contributed by atoms with Gasteiger partial charge in [0.15, 0.2) is 5.84 Å². The summed E-state index contributed by atoms with van der Waals surface area (Å²) in [4.78, 5) is 30.2. The van der Waals surface area contributed by atoms with Gasteiger partial charge in [-0.3, -0.25) is 4.79 Å². The Balaban J connectivity index is 2.68. The van der Waals surface area contributed by atoms with Crippen molar-refractivity contribution in [3.63, 3.8) is 0 Å². The number of aliphatic imine (C=N–C) groups is 1. The lowest BCUT2D eigenvalue weighted by Gasteiger charge is -2.07. The maximum Gasteiger partial charge on any atom is 0.406 e. The Kier molecular flexibility index (Phi) is 7.10. The lowest BCUT2D eigenvalue weighted by Crippen LogP contribution is -2.26. The third kappa shape index (κ3) is 5.23. The van der Waals surface area contributed by atoms with Gasteiger partial charge >= 0.3 is 6.09 Å². The van der Waals surface area contributed by atoms with Gasteiger partial charge in [-0.25, -0.2) is 9.79 Å². The average molecular weight is 306 g/mol. The first-order valence-electron chi connectivity index (χ1n) is 6.42. The number of carbonyl (C=O) groups excluding carboxylic acids is 2. The van der Waals surface area contributed by atoms with Crippen LogP contribution in [-0.4, -0.2) is 45.3 Å². The summed E-state index contributed by atoms with van der Waals surface area (Å²) in [5.74, 6) is 0.270. The number of nitrogens with one attached hydrogen (secondary N) is 2. The second-order valence-electron chi connectivity index (χ2n) is 4.12. The van der Waals surface area contributed by atoms with Gasteiger partial charge in [-0.2, -0.15) is 0 Å². The number of hydrogen-bond donors (Lipinski definition) is 2. The molecule has 0 aromatic heterocycles. The number of hydrogen-bond acceptors (Lipinski definition) is 5. The van der Waals surface area contributed by atoms with Crippen LogP contribution in [0, 0.1) is 6.92 Å². The summed E-state index contributed by atoms with van der Waals surface area (Å²) in [6, 6.07) is 5.32. The maximum absolute atomic E-state index is 10.8. The highest BCUT2D eigenvalue weighted by Gasteiger charge is 2.06. The summed E-state index contributed by atoms with van der Waals surface area (Å²) < 4.78 is 4.41. The van der Waals surface area contributed by atoms with E-state index < -0.39 is 6.09 Å². The van der Waals surface area contributed by atoms with Crippen LogP contribution >= 0.6 is 0 Å². The van der Waals surface area contributed by atoms with Gasteiger partial charge in [-0.15, -0.1) is 0 Å². The fraction of sp³-hybridized carbons (Fsp3) is 0.286. The summed E-state index contributed by atoms with van der Waals surface area (Å²) in [5.41, 5.74) is 2.20. The van der Waals surface area contributed by atoms with Crippen molar-refractivity contribution < 1.29 is 19.2 Å². The van der Waals surface area contributed by atoms with Gasteiger partial charge in [0.25, 0.3) is 0 Å². The van der Waals surface area contributed by atoms with E-state index in [0.717, 1.165) is 5.56 Å². The maximum atomic E-state index is 10.8. The molecule has 0 radical (unpaired) electrons. The third-order valence-electron chi connectivity index (χ3n) is 2.66. The van der Waals surface area contributed by atoms with Gasteiger partial charge in [0.2, 0.25) is 6.41 Å². The van der Waals surface area contributed by atoms with Crippen LogP contribution in [-0.2, 0) is 14.4 Å². The molecule has 0 saturated heterocycles. The fourth-order valence-corrected chi connectivity index (χ4v) is 1.53. The van der Waals surface area contributed by atoms with E-state index in [1.165, 1.54) is 7.11 Å². The van der Waals surface area contributed by atoms with Crippen LogP contribution in [0.2, 0.25) is 0 Å². The highest BCUT2D eigenvalue weighted by Crippen LogP contribution is 2.17. The summed E-state index contributed by atoms with van der Waals surface area (Å²) in [7, 11) is 1.27. The Morgan fingerprint density at radius 3 is 2.86 bits per heavy atom. The van der Waals surface area contributed by atoms with Crippen molar-refractivity contribution in [2.45, 2.75) is 6.92 Å². The lowest BCUT2D eigenvalue weighted by molar-refractivity contribution is -0.105. The molecule has 0 spiro atoms. The van der Waals surface area contributed by atoms with Gasteiger partial charge in [0.1, 0.15) is 6.61 Å². The number of carbonyl (C=O) groups is 2. The summed E-state index contributed by atoms with van der Waals surface area (Å²) in [5, 5.41) is 8.88. The number of aryl methyl sites for hydroxylation is 1. The Morgan fingerprint density at radius 1 is 1.45 bits per heavy atom. The van der Waals surface area contributed by atoms with E-state index in [4.69, 9.17) is 4.84 Å². The van der Waals surface area contributed by atoms with Crippen LogP contribution in [0.15, 0.2) is 28.3 Å². The number of rotatable bonds is 7. The predicted molar refractivity (Wildman–Crippen MR) is 83.3 cm³/mol. The molecule has 1 aromatic rings. The molecule has 0 saturated carbocycles. The summed E-state index contributed by atoms with van der Waals surface area (Å²) in [6.07, 6.45) is 0.0527. The van der Waals surface area contributed by atoms with Crippen molar-refractivity contribution in [3.05, 3.63) is 29.3 Å². The molecule has 0 unspecified atom stereocenters. The Hall–Kier alpha value is -2.90. The predicted octanol–water partition coefficient (Wildman–Crippen LogP) is 1.30. The molecular formula is C14H18N4O4. The van der Waals surface area contributed by atoms with Crippen molar-refractivity contribution in [1.29, 1.82) is 0 Å². The van der Waals surface area contributed by atoms with Gasteiger partial charge in [0.05, 0.1) is 13.7 Å². The monoisotopic (exact) mass is 306 g/mol. The molecule has 2 N–H and O–H groups in total. The molecule has 0 atom stereocenters. The number of methoxy groups -OCH3 is 1. The molecule has 118 valence electrons. The highest BCUT2D eigenvalue weighted by atomic mass is 16.6. The smallest absolute Gasteiger partial charge is 0.406 e. The number of oxime groups is 1. The number of nitrogens with zero attached hydrogens (tertiary/aromatic N) is 2. The average Bonchev–Trinajstić information content (AvgIpc) is 2.53. The third-order valence-corrected chi connectivity index (χ3v) is 2.66. The van der Waals surface area contributed by atoms with Crippen LogP contribution in [0.1, 0.15) is 11.1 Å². The van der Waals surface area contributed by atoms with E-state index in [0.29, 0.717) is 17.7 Å². The van der Waals surface area contributed by atoms with E-state index in [2.05, 4.69) is 32.2 Å². The number of ether oxygens (including phenoxy) is 1.